The van der Waals surface area contributed by atoms with Gasteiger partial charge in [0.15, 0.2) is 0 Å². The molecule has 2 amide bonds. The molecule has 0 atom stereocenters. The zero-order chi connectivity index (χ0) is 16.8. The molecule has 0 spiro atoms. The summed E-state index contributed by atoms with van der Waals surface area (Å²) in [6.45, 7) is 3.73. The average molecular weight is 329 g/mol. The maximum absolute atomic E-state index is 12.6. The second-order valence-electron chi connectivity index (χ2n) is 6.73. The zero-order valence-corrected chi connectivity index (χ0v) is 14.3. The van der Waals surface area contributed by atoms with Crippen molar-refractivity contribution < 1.29 is 9.59 Å². The number of nitrogens with one attached hydrogen (secondary N) is 1. The number of hydrogen-bond acceptors (Lipinski definition) is 3. The summed E-state index contributed by atoms with van der Waals surface area (Å²) in [6.07, 6.45) is 6.82. The van der Waals surface area contributed by atoms with Gasteiger partial charge < -0.3 is 15.1 Å². The quantitative estimate of drug-likeness (QED) is 0.924. The molecule has 0 bridgehead atoms. The van der Waals surface area contributed by atoms with Crippen LogP contribution in [0.15, 0.2) is 24.3 Å². The van der Waals surface area contributed by atoms with Gasteiger partial charge in [0.2, 0.25) is 5.91 Å². The molecule has 130 valence electrons. The highest BCUT2D eigenvalue weighted by atomic mass is 16.2. The lowest BCUT2D eigenvalue weighted by atomic mass is 10.1. The summed E-state index contributed by atoms with van der Waals surface area (Å²) < 4.78 is 0. The van der Waals surface area contributed by atoms with Crippen LogP contribution in [0.2, 0.25) is 0 Å². The fourth-order valence-electron chi connectivity index (χ4n) is 3.47. The normalized spacial score (nSPS) is 18.3. The highest BCUT2D eigenvalue weighted by Gasteiger charge is 2.19. The van der Waals surface area contributed by atoms with E-state index in [0.717, 1.165) is 57.5 Å². The van der Waals surface area contributed by atoms with Gasteiger partial charge >= 0.3 is 0 Å². The van der Waals surface area contributed by atoms with Crippen LogP contribution in [-0.2, 0) is 4.79 Å². The molecule has 1 N–H and O–H groups in total. The van der Waals surface area contributed by atoms with Crippen molar-refractivity contribution in [3.05, 3.63) is 29.8 Å². The maximum atomic E-state index is 12.6. The third-order valence-electron chi connectivity index (χ3n) is 4.91. The molecule has 2 fully saturated rings. The molecule has 1 aromatic rings. The van der Waals surface area contributed by atoms with Crippen molar-refractivity contribution in [2.45, 2.75) is 38.5 Å². The first-order valence-corrected chi connectivity index (χ1v) is 9.15. The van der Waals surface area contributed by atoms with Crippen molar-refractivity contribution in [2.75, 3.05) is 38.0 Å². The number of benzene rings is 1. The smallest absolute Gasteiger partial charge is 0.253 e. The van der Waals surface area contributed by atoms with Crippen molar-refractivity contribution in [2.24, 2.45) is 0 Å². The highest BCUT2D eigenvalue weighted by molar-refractivity contribution is 5.95. The Bertz CT molecular complexity index is 576. The number of hydrogen-bond donors (Lipinski definition) is 1. The fourth-order valence-corrected chi connectivity index (χ4v) is 3.47. The monoisotopic (exact) mass is 329 g/mol. The molecule has 24 heavy (non-hydrogen) atoms. The van der Waals surface area contributed by atoms with Gasteiger partial charge in [0.25, 0.3) is 5.91 Å². The SMILES string of the molecule is O=C(CNc1cccc(C(=O)N2CCCCC2)c1)N1CCCCC1. The fraction of sp³-hybridized carbons (Fsp3) is 0.579. The van der Waals surface area contributed by atoms with Gasteiger partial charge in [0.1, 0.15) is 0 Å². The van der Waals surface area contributed by atoms with Gasteiger partial charge in [-0.15, -0.1) is 0 Å². The van der Waals surface area contributed by atoms with Gasteiger partial charge in [-0.05, 0) is 56.7 Å². The minimum absolute atomic E-state index is 0.0979. The Labute approximate surface area is 144 Å². The van der Waals surface area contributed by atoms with Gasteiger partial charge in [0, 0.05) is 37.4 Å². The van der Waals surface area contributed by atoms with E-state index < -0.39 is 0 Å². The summed E-state index contributed by atoms with van der Waals surface area (Å²) in [5.41, 5.74) is 1.54. The van der Waals surface area contributed by atoms with Crippen LogP contribution in [0.25, 0.3) is 0 Å². The van der Waals surface area contributed by atoms with E-state index in [2.05, 4.69) is 5.32 Å². The molecule has 5 heteroatoms. The van der Waals surface area contributed by atoms with E-state index in [1.807, 2.05) is 34.1 Å². The van der Waals surface area contributed by atoms with Gasteiger partial charge in [-0.1, -0.05) is 6.07 Å². The van der Waals surface area contributed by atoms with Crippen LogP contribution in [-0.4, -0.2) is 54.3 Å². The Morgan fingerprint density at radius 3 is 2.17 bits per heavy atom. The van der Waals surface area contributed by atoms with Crippen LogP contribution >= 0.6 is 0 Å². The summed E-state index contributed by atoms with van der Waals surface area (Å²) in [5, 5.41) is 3.18. The van der Waals surface area contributed by atoms with E-state index in [1.54, 1.807) is 0 Å². The molecule has 0 unspecified atom stereocenters. The van der Waals surface area contributed by atoms with E-state index >= 15 is 0 Å². The minimum atomic E-state index is 0.0979. The lowest BCUT2D eigenvalue weighted by Gasteiger charge is -2.27. The van der Waals surface area contributed by atoms with Gasteiger partial charge in [0.05, 0.1) is 6.54 Å². The summed E-state index contributed by atoms with van der Waals surface area (Å²) in [5.74, 6) is 0.239. The Balaban J connectivity index is 1.56. The van der Waals surface area contributed by atoms with Crippen LogP contribution in [0.3, 0.4) is 0 Å². The van der Waals surface area contributed by atoms with Crippen molar-refractivity contribution in [1.29, 1.82) is 0 Å². The third-order valence-corrected chi connectivity index (χ3v) is 4.91. The molecule has 3 rings (SSSR count). The average Bonchev–Trinajstić information content (AvgIpc) is 2.67. The minimum Gasteiger partial charge on any atom is -0.376 e. The van der Waals surface area contributed by atoms with E-state index in [1.165, 1.54) is 12.8 Å². The van der Waals surface area contributed by atoms with E-state index in [-0.39, 0.29) is 11.8 Å². The van der Waals surface area contributed by atoms with Crippen LogP contribution in [0.4, 0.5) is 5.69 Å². The largest absolute Gasteiger partial charge is 0.376 e. The number of likely N-dealkylation sites (tertiary alicyclic amines) is 2. The topological polar surface area (TPSA) is 52.7 Å². The van der Waals surface area contributed by atoms with E-state index in [4.69, 9.17) is 0 Å². The first-order valence-electron chi connectivity index (χ1n) is 9.15. The predicted octanol–water partition coefficient (Wildman–Crippen LogP) is 2.74. The Hall–Kier alpha value is -2.04. The summed E-state index contributed by atoms with van der Waals surface area (Å²) in [7, 11) is 0. The van der Waals surface area contributed by atoms with E-state index in [9.17, 15) is 9.59 Å². The summed E-state index contributed by atoms with van der Waals surface area (Å²) in [4.78, 5) is 28.6. The van der Waals surface area contributed by atoms with Crippen LogP contribution in [0, 0.1) is 0 Å². The first-order chi connectivity index (χ1) is 11.7. The molecule has 2 aliphatic rings. The molecule has 0 saturated carbocycles. The molecule has 0 aliphatic carbocycles. The number of anilines is 1. The third kappa shape index (κ3) is 4.28. The molecule has 0 radical (unpaired) electrons. The molecule has 0 aromatic heterocycles. The lowest BCUT2D eigenvalue weighted by Crippen LogP contribution is -2.39. The number of rotatable bonds is 4. The van der Waals surface area contributed by atoms with Crippen molar-refractivity contribution in [1.82, 2.24) is 9.80 Å². The second-order valence-corrected chi connectivity index (χ2v) is 6.73. The van der Waals surface area contributed by atoms with E-state index in [0.29, 0.717) is 12.1 Å². The Morgan fingerprint density at radius 1 is 0.875 bits per heavy atom. The number of carbonyl (C=O) groups excluding carboxylic acids is 2. The second kappa shape index (κ2) is 8.18. The summed E-state index contributed by atoms with van der Waals surface area (Å²) in [6, 6.07) is 7.51. The number of nitrogens with zero attached hydrogens (tertiary/aromatic N) is 2. The summed E-state index contributed by atoms with van der Waals surface area (Å²) >= 11 is 0. The zero-order valence-electron chi connectivity index (χ0n) is 14.3. The molecular formula is C19H27N3O2. The van der Waals surface area contributed by atoms with Crippen molar-refractivity contribution in [3.63, 3.8) is 0 Å². The predicted molar refractivity (Wildman–Crippen MR) is 95.1 cm³/mol. The molecule has 2 heterocycles. The standard InChI is InChI=1S/C19H27N3O2/c23-18(21-10-3-1-4-11-21)15-20-17-9-7-8-16(14-17)19(24)22-12-5-2-6-13-22/h7-9,14,20H,1-6,10-13,15H2. The Kier molecular flexibility index (Phi) is 5.72. The van der Waals surface area contributed by atoms with Crippen LogP contribution in [0.5, 0.6) is 0 Å². The number of piperidine rings is 2. The maximum Gasteiger partial charge on any atom is 0.253 e. The molecule has 2 saturated heterocycles. The first kappa shape index (κ1) is 16.8. The van der Waals surface area contributed by atoms with Crippen LogP contribution in [0.1, 0.15) is 48.9 Å². The van der Waals surface area contributed by atoms with Gasteiger partial charge in [-0.25, -0.2) is 0 Å². The van der Waals surface area contributed by atoms with Crippen molar-refractivity contribution in [3.8, 4) is 0 Å². The molecular weight excluding hydrogens is 302 g/mol. The number of amides is 2. The lowest BCUT2D eigenvalue weighted by molar-refractivity contribution is -0.130. The van der Waals surface area contributed by atoms with Gasteiger partial charge in [-0.2, -0.15) is 0 Å². The van der Waals surface area contributed by atoms with Crippen LogP contribution < -0.4 is 5.32 Å². The molecule has 1 aromatic carbocycles. The van der Waals surface area contributed by atoms with Gasteiger partial charge in [-0.3, -0.25) is 9.59 Å². The molecule has 2 aliphatic heterocycles. The number of carbonyl (C=O) groups is 2. The molecule has 5 nitrogen and oxygen atoms in total. The van der Waals surface area contributed by atoms with Crippen molar-refractivity contribution >= 4 is 17.5 Å². The highest BCUT2D eigenvalue weighted by Crippen LogP contribution is 2.16. The Morgan fingerprint density at radius 2 is 1.50 bits per heavy atom.